The van der Waals surface area contributed by atoms with E-state index >= 15 is 4.39 Å². The van der Waals surface area contributed by atoms with Crippen molar-refractivity contribution < 1.29 is 50.4 Å². The summed E-state index contributed by atoms with van der Waals surface area (Å²) in [6, 6.07) is 16.2. The normalized spacial score (nSPS) is 29.5. The van der Waals surface area contributed by atoms with Crippen LogP contribution in [-0.4, -0.2) is 102 Å². The number of aromatic nitrogens is 8. The average Bonchev–Trinajstić information content (AvgIpc) is 4.04. The third-order valence-electron chi connectivity index (χ3n) is 12.1. The Balaban J connectivity index is 1.03. The lowest BCUT2D eigenvalue weighted by Gasteiger charge is -2.41. The van der Waals surface area contributed by atoms with Gasteiger partial charge in [-0.15, -0.1) is 0 Å². The van der Waals surface area contributed by atoms with Gasteiger partial charge < -0.3 is 24.4 Å². The van der Waals surface area contributed by atoms with Gasteiger partial charge in [0.1, 0.15) is 37.1 Å². The molecule has 2 saturated heterocycles. The number of carbonyl (C=O) groups is 2. The fraction of sp³-hybridized carbons (Fsp3) is 0.400. The highest BCUT2D eigenvalue weighted by Crippen LogP contribution is 2.63. The summed E-state index contributed by atoms with van der Waals surface area (Å²) in [4.78, 5) is 52.3. The predicted octanol–water partition coefficient (Wildman–Crippen LogP) is 8.00. The number of alkyl halides is 1. The molecule has 4 aromatic heterocycles. The number of rotatable bonds is 8. The van der Waals surface area contributed by atoms with E-state index in [1.54, 1.807) is 65.2 Å². The number of anilines is 2. The minimum absolute atomic E-state index is 0.0248. The number of nitrogens with one attached hydrogen (secondary N) is 2. The summed E-state index contributed by atoms with van der Waals surface area (Å²) in [7, 11) is -2.76. The van der Waals surface area contributed by atoms with E-state index < -0.39 is 89.3 Å². The van der Waals surface area contributed by atoms with E-state index in [9.17, 15) is 18.7 Å². The molecule has 6 heterocycles. The zero-order chi connectivity index (χ0) is 46.8. The Morgan fingerprint density at radius 2 is 1.29 bits per heavy atom. The van der Waals surface area contributed by atoms with E-state index in [0.29, 0.717) is 11.1 Å². The first-order valence-corrected chi connectivity index (χ1v) is 29.0. The number of imidazole rings is 2. The highest BCUT2D eigenvalue weighted by molar-refractivity contribution is 8.44. The maximum absolute atomic E-state index is 17.0. The molecule has 66 heavy (non-hydrogen) atoms. The van der Waals surface area contributed by atoms with Crippen molar-refractivity contribution in [2.45, 2.75) is 94.3 Å². The Labute approximate surface area is 388 Å². The molecule has 6 aromatic rings. The van der Waals surface area contributed by atoms with Gasteiger partial charge in [-0.1, -0.05) is 81.7 Å². The van der Waals surface area contributed by atoms with E-state index in [4.69, 9.17) is 27.3 Å². The van der Waals surface area contributed by atoms with Crippen LogP contribution in [0.1, 0.15) is 60.2 Å². The van der Waals surface area contributed by atoms with Crippen molar-refractivity contribution in [3.63, 3.8) is 0 Å². The van der Waals surface area contributed by atoms with Crippen molar-refractivity contribution in [1.82, 2.24) is 39.0 Å². The monoisotopic (exact) mass is 998 g/mol. The molecule has 2 aliphatic heterocycles. The van der Waals surface area contributed by atoms with Crippen molar-refractivity contribution in [2.75, 3.05) is 17.2 Å². The molecule has 2 aromatic carbocycles. The van der Waals surface area contributed by atoms with Crippen LogP contribution in [0.4, 0.5) is 16.0 Å². The van der Waals surface area contributed by atoms with Crippen molar-refractivity contribution in [3.05, 3.63) is 97.1 Å². The first-order valence-electron chi connectivity index (χ1n) is 20.7. The molecule has 1 aliphatic carbocycles. The van der Waals surface area contributed by atoms with Crippen LogP contribution >= 0.6 is 38.1 Å². The number of hydrogen-bond acceptors (Lipinski definition) is 16. The molecule has 1 saturated carbocycles. The summed E-state index contributed by atoms with van der Waals surface area (Å²) in [6.45, 7) is 0.433. The molecule has 0 radical (unpaired) electrons. The predicted molar refractivity (Wildman–Crippen MR) is 248 cm³/mol. The molecule has 9 rings (SSSR count). The van der Waals surface area contributed by atoms with E-state index in [2.05, 4.69) is 65.0 Å². The SMILES string of the molecule is CC(C)(C)[Si](C)(C)O[C@H]1[C@H]2OP(=O)(S)OC[C@H]3O[C@@H](n4cnc5c(NC(=O)c6ccccc6)ncnc54)[C@H](F)[C@@H]3OP(=O)(S)O[C@H]1C[C@H]2n1cnc2c(NC(=O)c3ccccc3)ncnc21. The topological polar surface area (TPSA) is 235 Å². The number of ether oxygens (including phenoxy) is 1. The number of amides is 2. The smallest absolute Gasteiger partial charge is 0.386 e. The van der Waals surface area contributed by atoms with Crippen LogP contribution in [0.5, 0.6) is 0 Å². The fourth-order valence-corrected chi connectivity index (χ4v) is 12.5. The van der Waals surface area contributed by atoms with Crippen LogP contribution in [-0.2, 0) is 36.4 Å². The first kappa shape index (κ1) is 46.6. The molecule has 26 heteroatoms. The summed E-state index contributed by atoms with van der Waals surface area (Å²) in [5.74, 6) is -0.694. The maximum atomic E-state index is 17.0. The molecule has 2 amide bonds. The molecule has 2 bridgehead atoms. The minimum Gasteiger partial charge on any atom is -0.409 e. The fourth-order valence-electron chi connectivity index (χ4n) is 7.84. The lowest BCUT2D eigenvalue weighted by molar-refractivity contribution is -0.0503. The Bertz CT molecular complexity index is 2900. The lowest BCUT2D eigenvalue weighted by atomic mass is 10.1. The van der Waals surface area contributed by atoms with Crippen LogP contribution in [0.15, 0.2) is 86.0 Å². The van der Waals surface area contributed by atoms with Crippen LogP contribution in [0.2, 0.25) is 18.1 Å². The Hall–Kier alpha value is -4.45. The quantitative estimate of drug-likeness (QED) is 0.0642. The average molecular weight is 999 g/mol. The second-order valence-corrected chi connectivity index (χ2v) is 27.9. The largest absolute Gasteiger partial charge is 0.409 e. The number of nitrogens with zero attached hydrogens (tertiary/aromatic N) is 8. The second kappa shape index (κ2) is 17.9. The van der Waals surface area contributed by atoms with Gasteiger partial charge in [-0.3, -0.25) is 32.3 Å². The van der Waals surface area contributed by atoms with Crippen LogP contribution in [0, 0.1) is 0 Å². The second-order valence-electron chi connectivity index (χ2n) is 17.4. The van der Waals surface area contributed by atoms with E-state index in [0.717, 1.165) is 0 Å². The number of hydrogen-bond donors (Lipinski definition) is 4. The standard InChI is InChI=1S/C40H45FN10O10P2S2Si/c1-40(2,3)66(4,5)61-32-25-16-24(50-20-46-28-33(42-18-44-35(28)50)48-37(52)22-12-8-6-9-13-22)30(32)59-62(54,64)56-17-26-31(60-63(55,65)58-25)27(41)39(57-26)51-21-47-29-34(43-19-45-36(29)51)49-38(53)23-14-10-7-11-15-23/h6-15,18-21,24-27,30-32,39H,16-17H2,1-5H3,(H,54,64)(H,55,65)(H,42,44,48,52)(H,43,45,49,53)/t24-,25+,26-,27-,30+,31-,32-,39-,62?,63?/m1/s1. The molecule has 0 spiro atoms. The van der Waals surface area contributed by atoms with E-state index in [-0.39, 0.29) is 45.4 Å². The zero-order valence-corrected chi connectivity index (χ0v) is 40.5. The summed E-state index contributed by atoms with van der Waals surface area (Å²) in [6.07, 6.45) is -5.01. The number of benzene rings is 2. The van der Waals surface area contributed by atoms with Gasteiger partial charge in [0, 0.05) is 17.5 Å². The highest BCUT2D eigenvalue weighted by atomic mass is 32.7. The third kappa shape index (κ3) is 9.25. The molecular formula is C40H45FN10O10P2S2Si. The van der Waals surface area contributed by atoms with Gasteiger partial charge >= 0.3 is 13.6 Å². The molecule has 3 fully saturated rings. The molecule has 20 nitrogen and oxygen atoms in total. The number of fused-ring (bicyclic) bond motifs is 5. The van der Waals surface area contributed by atoms with Crippen molar-refractivity contribution >= 4 is 92.2 Å². The summed E-state index contributed by atoms with van der Waals surface area (Å²) < 4.78 is 86.5. The van der Waals surface area contributed by atoms with Gasteiger partial charge in [0.25, 0.3) is 11.8 Å². The third-order valence-corrected chi connectivity index (χ3v) is 19.8. The van der Waals surface area contributed by atoms with Gasteiger partial charge in [-0.2, -0.15) is 0 Å². The van der Waals surface area contributed by atoms with E-state index in [1.165, 1.54) is 29.9 Å². The summed E-state index contributed by atoms with van der Waals surface area (Å²) in [5.41, 5.74) is 1.48. The molecule has 10 atom stereocenters. The van der Waals surface area contributed by atoms with Gasteiger partial charge in [-0.25, -0.2) is 43.4 Å². The van der Waals surface area contributed by atoms with Gasteiger partial charge in [0.15, 0.2) is 54.7 Å². The maximum Gasteiger partial charge on any atom is 0.386 e. The minimum atomic E-state index is -4.56. The molecule has 2 unspecified atom stereocenters. The number of thiol groups is 2. The van der Waals surface area contributed by atoms with Crippen molar-refractivity contribution in [1.29, 1.82) is 0 Å². The summed E-state index contributed by atoms with van der Waals surface area (Å²) >= 11 is 8.79. The lowest BCUT2D eigenvalue weighted by Crippen LogP contribution is -2.49. The number of carbonyl (C=O) groups excluding carboxylic acids is 2. The van der Waals surface area contributed by atoms with Crippen molar-refractivity contribution in [2.24, 2.45) is 0 Å². The Kier molecular flexibility index (Phi) is 12.6. The first-order chi connectivity index (χ1) is 31.3. The Morgan fingerprint density at radius 3 is 1.85 bits per heavy atom. The zero-order valence-electron chi connectivity index (χ0n) is 35.9. The summed E-state index contributed by atoms with van der Waals surface area (Å²) in [5, 5.41) is 5.13. The van der Waals surface area contributed by atoms with E-state index in [1.807, 2.05) is 33.9 Å². The number of halogens is 1. The van der Waals surface area contributed by atoms with Crippen molar-refractivity contribution in [3.8, 4) is 0 Å². The highest BCUT2D eigenvalue weighted by Gasteiger charge is 2.57. The Morgan fingerprint density at radius 1 is 0.758 bits per heavy atom. The molecular weight excluding hydrogens is 954 g/mol. The molecule has 2 N–H and O–H groups in total. The molecule has 348 valence electrons. The van der Waals surface area contributed by atoms with Gasteiger partial charge in [-0.05, 0) is 42.4 Å². The van der Waals surface area contributed by atoms with Gasteiger partial charge in [0.2, 0.25) is 0 Å². The molecule has 3 aliphatic rings. The van der Waals surface area contributed by atoms with Crippen LogP contribution in [0.3, 0.4) is 0 Å². The van der Waals surface area contributed by atoms with Gasteiger partial charge in [0.05, 0.1) is 31.4 Å². The van der Waals surface area contributed by atoms with Crippen LogP contribution < -0.4 is 10.6 Å². The van der Waals surface area contributed by atoms with Crippen LogP contribution in [0.25, 0.3) is 22.3 Å².